The molecule has 278 valence electrons. The van der Waals surface area contributed by atoms with Gasteiger partial charge < -0.3 is 10.2 Å². The van der Waals surface area contributed by atoms with Gasteiger partial charge in [-0.2, -0.15) is 0 Å². The standard InChI is InChI=1S/C41H40ClN5O5S2/c42-32-17-13-29(14-18-32)36-10-5-4-7-31(36)28-45-23-25-46(26-24-45)33-19-15-30(16-20-33)41(48)44-54(51,52)35-21-22-37(39(27-35)47(49)50)43-38-11-6-12-40(38)53-34-8-2-1-3-9-34/h1-5,7-10,13-22,27,38,40,43H,6,11-12,23-26,28H2,(H,44,48)/t38-,40?/m1/s1. The Morgan fingerprint density at radius 2 is 1.56 bits per heavy atom. The molecule has 2 atom stereocenters. The normalized spacial score (nSPS) is 17.6. The van der Waals surface area contributed by atoms with Gasteiger partial charge in [0.2, 0.25) is 0 Å². The molecule has 1 saturated carbocycles. The molecule has 2 fully saturated rings. The van der Waals surface area contributed by atoms with Crippen molar-refractivity contribution >= 4 is 56.4 Å². The summed E-state index contributed by atoms with van der Waals surface area (Å²) in [5, 5.41) is 16.3. The first-order valence-electron chi connectivity index (χ1n) is 17.9. The Morgan fingerprint density at radius 1 is 0.852 bits per heavy atom. The van der Waals surface area contributed by atoms with Gasteiger partial charge in [0.15, 0.2) is 0 Å². The van der Waals surface area contributed by atoms with Gasteiger partial charge in [-0.25, -0.2) is 13.1 Å². The van der Waals surface area contributed by atoms with E-state index in [1.165, 1.54) is 23.3 Å². The number of carbonyl (C=O) groups is 1. The van der Waals surface area contributed by atoms with Crippen LogP contribution in [-0.4, -0.2) is 61.6 Å². The summed E-state index contributed by atoms with van der Waals surface area (Å²) in [5.74, 6) is -0.817. The number of nitro groups is 1. The maximum Gasteiger partial charge on any atom is 0.293 e. The second-order valence-corrected chi connectivity index (χ2v) is 16.9. The number of piperazine rings is 1. The highest BCUT2D eigenvalue weighted by molar-refractivity contribution is 8.00. The molecule has 1 aliphatic carbocycles. The van der Waals surface area contributed by atoms with Crippen LogP contribution in [0.4, 0.5) is 17.1 Å². The van der Waals surface area contributed by atoms with Crippen molar-refractivity contribution in [3.63, 3.8) is 0 Å². The van der Waals surface area contributed by atoms with Gasteiger partial charge in [-0.15, -0.1) is 11.8 Å². The molecule has 1 amide bonds. The van der Waals surface area contributed by atoms with Gasteiger partial charge in [0.05, 0.1) is 9.82 Å². The van der Waals surface area contributed by atoms with Crippen molar-refractivity contribution in [2.75, 3.05) is 36.4 Å². The van der Waals surface area contributed by atoms with Gasteiger partial charge in [-0.1, -0.05) is 72.6 Å². The molecule has 1 heterocycles. The number of benzene rings is 5. The minimum Gasteiger partial charge on any atom is -0.376 e. The molecule has 5 aromatic carbocycles. The number of anilines is 2. The molecule has 2 N–H and O–H groups in total. The van der Waals surface area contributed by atoms with Gasteiger partial charge >= 0.3 is 0 Å². The molecule has 7 rings (SSSR count). The van der Waals surface area contributed by atoms with Crippen LogP contribution in [0.5, 0.6) is 0 Å². The molecule has 5 aromatic rings. The summed E-state index contributed by atoms with van der Waals surface area (Å²) in [4.78, 5) is 30.0. The van der Waals surface area contributed by atoms with Crippen LogP contribution in [0.25, 0.3) is 11.1 Å². The summed E-state index contributed by atoms with van der Waals surface area (Å²) in [6.45, 7) is 4.10. The fourth-order valence-corrected chi connectivity index (χ4v) is 9.53. The number of rotatable bonds is 12. The Kier molecular flexibility index (Phi) is 11.5. The van der Waals surface area contributed by atoms with Gasteiger partial charge in [0.25, 0.3) is 21.6 Å². The van der Waals surface area contributed by atoms with E-state index in [0.29, 0.717) is 5.02 Å². The fourth-order valence-electron chi connectivity index (χ4n) is 7.10. The molecular weight excluding hydrogens is 742 g/mol. The van der Waals surface area contributed by atoms with E-state index in [4.69, 9.17) is 11.6 Å². The smallest absolute Gasteiger partial charge is 0.293 e. The van der Waals surface area contributed by atoms with Crippen LogP contribution in [0.15, 0.2) is 131 Å². The number of nitrogens with zero attached hydrogens (tertiary/aromatic N) is 3. The zero-order valence-corrected chi connectivity index (χ0v) is 31.8. The summed E-state index contributed by atoms with van der Waals surface area (Å²) in [6.07, 6.45) is 2.78. The predicted octanol–water partition coefficient (Wildman–Crippen LogP) is 8.48. The predicted molar refractivity (Wildman–Crippen MR) is 216 cm³/mol. The van der Waals surface area contributed by atoms with Crippen molar-refractivity contribution in [3.8, 4) is 11.1 Å². The maximum absolute atomic E-state index is 13.3. The Bertz CT molecular complexity index is 2220. The Morgan fingerprint density at radius 3 is 2.28 bits per heavy atom. The van der Waals surface area contributed by atoms with Gasteiger partial charge in [0.1, 0.15) is 5.69 Å². The monoisotopic (exact) mass is 781 g/mol. The van der Waals surface area contributed by atoms with Crippen molar-refractivity contribution in [3.05, 3.63) is 148 Å². The Balaban J connectivity index is 0.952. The van der Waals surface area contributed by atoms with Crippen LogP contribution in [0.1, 0.15) is 35.2 Å². The number of carbonyl (C=O) groups excluding carboxylic acids is 1. The van der Waals surface area contributed by atoms with E-state index >= 15 is 0 Å². The van der Waals surface area contributed by atoms with E-state index in [-0.39, 0.29) is 33.1 Å². The van der Waals surface area contributed by atoms with Gasteiger partial charge in [0, 0.05) is 71.3 Å². The lowest BCUT2D eigenvalue weighted by molar-refractivity contribution is -0.384. The topological polar surface area (TPSA) is 125 Å². The second kappa shape index (κ2) is 16.6. The maximum atomic E-state index is 13.3. The number of nitro benzene ring substituents is 1. The molecule has 1 unspecified atom stereocenters. The average molecular weight is 782 g/mol. The van der Waals surface area contributed by atoms with Gasteiger partial charge in [-0.3, -0.25) is 19.8 Å². The number of hydrogen-bond donors (Lipinski definition) is 2. The van der Waals surface area contributed by atoms with Crippen LogP contribution >= 0.6 is 23.4 Å². The molecule has 0 bridgehead atoms. The highest BCUT2D eigenvalue weighted by Gasteiger charge is 2.31. The van der Waals surface area contributed by atoms with Crippen LogP contribution < -0.4 is 14.9 Å². The Labute approximate surface area is 324 Å². The number of sulfonamides is 1. The highest BCUT2D eigenvalue weighted by Crippen LogP contribution is 2.38. The molecular formula is C41H40ClN5O5S2. The molecule has 1 aliphatic heterocycles. The molecule has 54 heavy (non-hydrogen) atoms. The summed E-state index contributed by atoms with van der Waals surface area (Å²) in [7, 11) is -4.40. The van der Waals surface area contributed by atoms with E-state index < -0.39 is 20.9 Å². The molecule has 0 radical (unpaired) electrons. The Hall–Kier alpha value is -4.88. The van der Waals surface area contributed by atoms with E-state index in [1.807, 2.05) is 72.8 Å². The number of halogens is 1. The molecule has 0 aromatic heterocycles. The zero-order valence-electron chi connectivity index (χ0n) is 29.4. The van der Waals surface area contributed by atoms with Crippen LogP contribution in [0, 0.1) is 10.1 Å². The van der Waals surface area contributed by atoms with E-state index in [0.717, 1.165) is 74.2 Å². The van der Waals surface area contributed by atoms with E-state index in [1.54, 1.807) is 23.9 Å². The first-order chi connectivity index (χ1) is 26.1. The van der Waals surface area contributed by atoms with Gasteiger partial charge in [-0.05, 0) is 90.2 Å². The highest BCUT2D eigenvalue weighted by atomic mass is 35.5. The summed E-state index contributed by atoms with van der Waals surface area (Å²) in [5.41, 5.74) is 4.54. The van der Waals surface area contributed by atoms with E-state index in [2.05, 4.69) is 38.0 Å². The lowest BCUT2D eigenvalue weighted by atomic mass is 9.99. The second-order valence-electron chi connectivity index (χ2n) is 13.5. The van der Waals surface area contributed by atoms with Crippen molar-refractivity contribution in [2.45, 2.75) is 46.9 Å². The number of amides is 1. The molecule has 1 saturated heterocycles. The molecule has 0 spiro atoms. The molecule has 10 nitrogen and oxygen atoms in total. The first-order valence-corrected chi connectivity index (χ1v) is 20.6. The third-order valence-corrected chi connectivity index (χ3v) is 13.0. The largest absolute Gasteiger partial charge is 0.376 e. The fraction of sp³-hybridized carbons (Fsp3) is 0.244. The van der Waals surface area contributed by atoms with Crippen molar-refractivity contribution in [1.29, 1.82) is 0 Å². The molecule has 2 aliphatic rings. The zero-order chi connectivity index (χ0) is 37.7. The first kappa shape index (κ1) is 37.4. The SMILES string of the molecule is O=C(NS(=O)(=O)c1ccc(N[C@@H]2CCCC2Sc2ccccc2)c([N+](=O)[O-])c1)c1ccc(N2CCN(Cc3ccccc3-c3ccc(Cl)cc3)CC2)cc1. The third kappa shape index (κ3) is 8.90. The van der Waals surface area contributed by atoms with Crippen molar-refractivity contribution in [1.82, 2.24) is 9.62 Å². The van der Waals surface area contributed by atoms with Crippen LogP contribution in [0.2, 0.25) is 5.02 Å². The van der Waals surface area contributed by atoms with Crippen molar-refractivity contribution < 1.29 is 18.1 Å². The summed E-state index contributed by atoms with van der Waals surface area (Å²) in [6, 6.07) is 36.8. The average Bonchev–Trinajstić information content (AvgIpc) is 3.62. The van der Waals surface area contributed by atoms with Crippen molar-refractivity contribution in [2.24, 2.45) is 0 Å². The quantitative estimate of drug-likeness (QED) is 0.0948. The number of hydrogen-bond acceptors (Lipinski definition) is 9. The van der Waals surface area contributed by atoms with Crippen LogP contribution in [0.3, 0.4) is 0 Å². The molecule has 13 heteroatoms. The number of nitrogens with one attached hydrogen (secondary N) is 2. The summed E-state index contributed by atoms with van der Waals surface area (Å²) < 4.78 is 28.7. The lowest BCUT2D eigenvalue weighted by Crippen LogP contribution is -2.46. The van der Waals surface area contributed by atoms with E-state index in [9.17, 15) is 23.3 Å². The lowest BCUT2D eigenvalue weighted by Gasteiger charge is -2.36. The minimum absolute atomic E-state index is 0.0221. The summed E-state index contributed by atoms with van der Waals surface area (Å²) >= 11 is 7.84. The third-order valence-electron chi connectivity index (χ3n) is 9.96. The minimum atomic E-state index is -4.40. The van der Waals surface area contributed by atoms with Crippen LogP contribution in [-0.2, 0) is 16.6 Å². The number of thioether (sulfide) groups is 1.